The van der Waals surface area contributed by atoms with E-state index in [4.69, 9.17) is 0 Å². The molecule has 1 aromatic rings. The van der Waals surface area contributed by atoms with Crippen LogP contribution in [0.15, 0.2) is 24.3 Å². The molecule has 0 radical (unpaired) electrons. The third kappa shape index (κ3) is 4.45. The molecule has 1 N–H and O–H groups in total. The average molecular weight is 300 g/mol. The van der Waals surface area contributed by atoms with Crippen molar-refractivity contribution in [2.45, 2.75) is 44.4 Å². The molecular weight excluding hydrogens is 277 g/mol. The molecule has 1 heterocycles. The summed E-state index contributed by atoms with van der Waals surface area (Å²) in [6.07, 6.45) is -0.573. The second kappa shape index (κ2) is 6.79. The zero-order valence-electron chi connectivity index (χ0n) is 12.6. The van der Waals surface area contributed by atoms with Crippen molar-refractivity contribution in [1.82, 2.24) is 10.2 Å². The number of nitrogens with zero attached hydrogens (tertiary/aromatic N) is 1. The van der Waals surface area contributed by atoms with Crippen LogP contribution in [0.3, 0.4) is 0 Å². The highest BCUT2D eigenvalue weighted by molar-refractivity contribution is 5.26. The lowest BCUT2D eigenvalue weighted by molar-refractivity contribution is -0.137. The molecule has 1 aliphatic rings. The highest BCUT2D eigenvalue weighted by atomic mass is 19.4. The van der Waals surface area contributed by atoms with Crippen molar-refractivity contribution in [2.75, 3.05) is 20.1 Å². The van der Waals surface area contributed by atoms with Crippen molar-refractivity contribution in [3.8, 4) is 0 Å². The van der Waals surface area contributed by atoms with Gasteiger partial charge in [-0.05, 0) is 51.1 Å². The predicted octanol–water partition coefficient (Wildman–Crippen LogP) is 3.84. The average Bonchev–Trinajstić information content (AvgIpc) is 2.45. The Kier molecular flexibility index (Phi) is 5.27. The standard InChI is InChI=1S/C16H23F3N2/c1-12(20-11-15-5-3-4-10-21(15)2)13-6-8-14(9-7-13)16(17,18)19/h6-9,12,15,20H,3-5,10-11H2,1-2H3. The molecule has 2 rings (SSSR count). The van der Waals surface area contributed by atoms with Gasteiger partial charge in [-0.3, -0.25) is 0 Å². The van der Waals surface area contributed by atoms with Crippen LogP contribution in [0.25, 0.3) is 0 Å². The summed E-state index contributed by atoms with van der Waals surface area (Å²) in [6, 6.07) is 6.01. The van der Waals surface area contributed by atoms with Gasteiger partial charge < -0.3 is 10.2 Å². The molecule has 0 aromatic heterocycles. The number of likely N-dealkylation sites (tertiary alicyclic amines) is 1. The third-order valence-corrected chi connectivity index (χ3v) is 4.32. The van der Waals surface area contributed by atoms with E-state index in [-0.39, 0.29) is 6.04 Å². The lowest BCUT2D eigenvalue weighted by Crippen LogP contribution is -2.43. The molecule has 21 heavy (non-hydrogen) atoms. The van der Waals surface area contributed by atoms with Crippen LogP contribution >= 0.6 is 0 Å². The molecule has 0 amide bonds. The third-order valence-electron chi connectivity index (χ3n) is 4.32. The molecule has 1 saturated heterocycles. The molecule has 5 heteroatoms. The number of nitrogens with one attached hydrogen (secondary N) is 1. The van der Waals surface area contributed by atoms with Crippen LogP contribution in [0.4, 0.5) is 13.2 Å². The maximum absolute atomic E-state index is 12.5. The van der Waals surface area contributed by atoms with Gasteiger partial charge in [0, 0.05) is 18.6 Å². The molecule has 0 aliphatic carbocycles. The van der Waals surface area contributed by atoms with Gasteiger partial charge in [0.25, 0.3) is 0 Å². The van der Waals surface area contributed by atoms with Gasteiger partial charge in [-0.25, -0.2) is 0 Å². The first kappa shape index (κ1) is 16.3. The highest BCUT2D eigenvalue weighted by Gasteiger charge is 2.30. The minimum atomic E-state index is -4.26. The first-order valence-corrected chi connectivity index (χ1v) is 7.48. The van der Waals surface area contributed by atoms with E-state index in [1.807, 2.05) is 6.92 Å². The van der Waals surface area contributed by atoms with Crippen molar-refractivity contribution >= 4 is 0 Å². The fourth-order valence-corrected chi connectivity index (χ4v) is 2.79. The maximum atomic E-state index is 12.5. The van der Waals surface area contributed by atoms with E-state index in [9.17, 15) is 13.2 Å². The van der Waals surface area contributed by atoms with Gasteiger partial charge in [-0.1, -0.05) is 18.6 Å². The smallest absolute Gasteiger partial charge is 0.309 e. The second-order valence-electron chi connectivity index (χ2n) is 5.88. The lowest BCUT2D eigenvalue weighted by atomic mass is 10.0. The second-order valence-corrected chi connectivity index (χ2v) is 5.88. The van der Waals surface area contributed by atoms with Crippen LogP contribution in [0.2, 0.25) is 0 Å². The molecule has 1 aromatic carbocycles. The number of likely N-dealkylation sites (N-methyl/N-ethyl adjacent to an activating group) is 1. The van der Waals surface area contributed by atoms with Crippen LogP contribution in [-0.4, -0.2) is 31.1 Å². The SMILES string of the molecule is CC(NCC1CCCCN1C)c1ccc(C(F)(F)F)cc1. The lowest BCUT2D eigenvalue weighted by Gasteiger charge is -2.33. The van der Waals surface area contributed by atoms with E-state index in [1.54, 1.807) is 12.1 Å². The number of hydrogen-bond acceptors (Lipinski definition) is 2. The topological polar surface area (TPSA) is 15.3 Å². The van der Waals surface area contributed by atoms with Crippen molar-refractivity contribution in [2.24, 2.45) is 0 Å². The molecule has 0 bridgehead atoms. The Hall–Kier alpha value is -1.07. The van der Waals surface area contributed by atoms with E-state index in [1.165, 1.54) is 19.3 Å². The van der Waals surface area contributed by atoms with Crippen LogP contribution in [-0.2, 0) is 6.18 Å². The number of hydrogen-bond donors (Lipinski definition) is 1. The molecule has 2 atom stereocenters. The summed E-state index contributed by atoms with van der Waals surface area (Å²) in [7, 11) is 2.13. The summed E-state index contributed by atoms with van der Waals surface area (Å²) in [5, 5.41) is 3.43. The zero-order valence-corrected chi connectivity index (χ0v) is 12.6. The van der Waals surface area contributed by atoms with Crippen molar-refractivity contribution in [3.05, 3.63) is 35.4 Å². The summed E-state index contributed by atoms with van der Waals surface area (Å²) in [5.74, 6) is 0. The number of halogens is 3. The fourth-order valence-electron chi connectivity index (χ4n) is 2.79. The largest absolute Gasteiger partial charge is 0.416 e. The summed E-state index contributed by atoms with van der Waals surface area (Å²) in [4.78, 5) is 2.36. The van der Waals surface area contributed by atoms with Gasteiger partial charge in [0.05, 0.1) is 5.56 Å². The molecule has 0 spiro atoms. The van der Waals surface area contributed by atoms with E-state index >= 15 is 0 Å². The van der Waals surface area contributed by atoms with Crippen molar-refractivity contribution < 1.29 is 13.2 Å². The Morgan fingerprint density at radius 1 is 1.24 bits per heavy atom. The van der Waals surface area contributed by atoms with Crippen molar-refractivity contribution in [1.29, 1.82) is 0 Å². The Balaban J connectivity index is 1.89. The van der Waals surface area contributed by atoms with Gasteiger partial charge in [-0.2, -0.15) is 13.2 Å². The molecule has 0 saturated carbocycles. The van der Waals surface area contributed by atoms with Crippen LogP contribution < -0.4 is 5.32 Å². The normalized spacial score (nSPS) is 22.2. The van der Waals surface area contributed by atoms with Crippen molar-refractivity contribution in [3.63, 3.8) is 0 Å². The fraction of sp³-hybridized carbons (Fsp3) is 0.625. The van der Waals surface area contributed by atoms with Crippen LogP contribution in [0, 0.1) is 0 Å². The van der Waals surface area contributed by atoms with E-state index in [0.717, 1.165) is 30.8 Å². The molecule has 1 fully saturated rings. The van der Waals surface area contributed by atoms with E-state index in [2.05, 4.69) is 17.3 Å². The molecule has 2 nitrogen and oxygen atoms in total. The molecule has 2 unspecified atom stereocenters. The first-order chi connectivity index (χ1) is 9.88. The Morgan fingerprint density at radius 2 is 1.90 bits per heavy atom. The van der Waals surface area contributed by atoms with Gasteiger partial charge >= 0.3 is 6.18 Å². The van der Waals surface area contributed by atoms with Gasteiger partial charge in [0.15, 0.2) is 0 Å². The minimum Gasteiger partial charge on any atom is -0.309 e. The number of piperidine rings is 1. The minimum absolute atomic E-state index is 0.0580. The van der Waals surface area contributed by atoms with Gasteiger partial charge in [0.2, 0.25) is 0 Å². The maximum Gasteiger partial charge on any atom is 0.416 e. The monoisotopic (exact) mass is 300 g/mol. The van der Waals surface area contributed by atoms with E-state index < -0.39 is 11.7 Å². The van der Waals surface area contributed by atoms with Crippen LogP contribution in [0.1, 0.15) is 43.4 Å². The Morgan fingerprint density at radius 3 is 2.48 bits per heavy atom. The summed E-state index contributed by atoms with van der Waals surface area (Å²) < 4.78 is 37.6. The van der Waals surface area contributed by atoms with E-state index in [0.29, 0.717) is 6.04 Å². The van der Waals surface area contributed by atoms with Crippen LogP contribution in [0.5, 0.6) is 0 Å². The quantitative estimate of drug-likeness (QED) is 0.909. The molecular formula is C16H23F3N2. The summed E-state index contributed by atoms with van der Waals surface area (Å²) in [6.45, 7) is 3.99. The number of rotatable bonds is 4. The highest BCUT2D eigenvalue weighted by Crippen LogP contribution is 2.29. The van der Waals surface area contributed by atoms with Gasteiger partial charge in [-0.15, -0.1) is 0 Å². The summed E-state index contributed by atoms with van der Waals surface area (Å²) >= 11 is 0. The zero-order chi connectivity index (χ0) is 15.5. The molecule has 1 aliphatic heterocycles. The summed E-state index contributed by atoms with van der Waals surface area (Å²) in [5.41, 5.74) is 0.298. The predicted molar refractivity (Wildman–Crippen MR) is 78.1 cm³/mol. The van der Waals surface area contributed by atoms with Gasteiger partial charge in [0.1, 0.15) is 0 Å². The number of benzene rings is 1. The molecule has 118 valence electrons. The Bertz CT molecular complexity index is 442. The Labute approximate surface area is 124 Å². The first-order valence-electron chi connectivity index (χ1n) is 7.48. The number of alkyl halides is 3.